The van der Waals surface area contributed by atoms with Gasteiger partial charge in [0.05, 0.1) is 0 Å². The van der Waals surface area contributed by atoms with Crippen molar-refractivity contribution in [3.63, 3.8) is 0 Å². The van der Waals surface area contributed by atoms with Crippen LogP contribution in [0.15, 0.2) is 30.3 Å². The first-order chi connectivity index (χ1) is 10.4. The van der Waals surface area contributed by atoms with Crippen LogP contribution in [0.2, 0.25) is 0 Å². The standard InChI is InChI=1S/C18H28N2O/c21-13-10-18-15-19(14-16-6-2-1-3-7-16)11-12-20(18)17-8-4-5-9-17/h1-3,6-7,17-18,21H,4-5,8-15H2. The highest BCUT2D eigenvalue weighted by atomic mass is 16.3. The molecule has 3 heteroatoms. The zero-order valence-corrected chi connectivity index (χ0v) is 13.0. The van der Waals surface area contributed by atoms with Crippen LogP contribution >= 0.6 is 0 Å². The van der Waals surface area contributed by atoms with Crippen molar-refractivity contribution in [3.05, 3.63) is 35.9 Å². The van der Waals surface area contributed by atoms with E-state index < -0.39 is 0 Å². The summed E-state index contributed by atoms with van der Waals surface area (Å²) in [4.78, 5) is 5.26. The first-order valence-corrected chi connectivity index (χ1v) is 8.49. The lowest BCUT2D eigenvalue weighted by atomic mass is 10.0. The third-order valence-electron chi connectivity index (χ3n) is 5.12. The molecule has 0 spiro atoms. The summed E-state index contributed by atoms with van der Waals surface area (Å²) in [6, 6.07) is 12.1. The molecule has 1 N–H and O–H groups in total. The normalized spacial score (nSPS) is 25.5. The first-order valence-electron chi connectivity index (χ1n) is 8.49. The number of piperazine rings is 1. The molecule has 116 valence electrons. The van der Waals surface area contributed by atoms with Crippen molar-refractivity contribution in [2.45, 2.75) is 50.7 Å². The molecule has 1 saturated carbocycles. The number of nitrogens with zero attached hydrogens (tertiary/aromatic N) is 2. The Kier molecular flexibility index (Phi) is 5.28. The molecule has 3 nitrogen and oxygen atoms in total. The summed E-state index contributed by atoms with van der Waals surface area (Å²) < 4.78 is 0. The van der Waals surface area contributed by atoms with E-state index in [1.54, 1.807) is 0 Å². The Labute approximate surface area is 128 Å². The van der Waals surface area contributed by atoms with E-state index in [9.17, 15) is 5.11 Å². The summed E-state index contributed by atoms with van der Waals surface area (Å²) in [5, 5.41) is 9.41. The summed E-state index contributed by atoms with van der Waals surface area (Å²) in [7, 11) is 0. The van der Waals surface area contributed by atoms with Crippen LogP contribution in [-0.4, -0.2) is 53.2 Å². The van der Waals surface area contributed by atoms with E-state index in [2.05, 4.69) is 40.1 Å². The van der Waals surface area contributed by atoms with Crippen molar-refractivity contribution in [1.82, 2.24) is 9.80 Å². The van der Waals surface area contributed by atoms with Crippen LogP contribution < -0.4 is 0 Å². The van der Waals surface area contributed by atoms with E-state index in [1.807, 2.05) is 0 Å². The number of hydrogen-bond donors (Lipinski definition) is 1. The maximum atomic E-state index is 9.41. The highest BCUT2D eigenvalue weighted by Gasteiger charge is 2.32. The Morgan fingerprint density at radius 2 is 1.81 bits per heavy atom. The van der Waals surface area contributed by atoms with Gasteiger partial charge in [0.15, 0.2) is 0 Å². The van der Waals surface area contributed by atoms with Crippen molar-refractivity contribution in [1.29, 1.82) is 0 Å². The van der Waals surface area contributed by atoms with Gasteiger partial charge in [-0.25, -0.2) is 0 Å². The molecule has 21 heavy (non-hydrogen) atoms. The highest BCUT2D eigenvalue weighted by Crippen LogP contribution is 2.28. The van der Waals surface area contributed by atoms with Crippen molar-refractivity contribution in [2.24, 2.45) is 0 Å². The molecule has 2 aliphatic rings. The van der Waals surface area contributed by atoms with Crippen molar-refractivity contribution < 1.29 is 5.11 Å². The van der Waals surface area contributed by atoms with Gasteiger partial charge < -0.3 is 5.11 Å². The van der Waals surface area contributed by atoms with Crippen LogP contribution in [0, 0.1) is 0 Å². The maximum Gasteiger partial charge on any atom is 0.0446 e. The third-order valence-corrected chi connectivity index (χ3v) is 5.12. The van der Waals surface area contributed by atoms with Gasteiger partial charge in [0, 0.05) is 44.9 Å². The molecule has 1 unspecified atom stereocenters. The van der Waals surface area contributed by atoms with E-state index in [0.29, 0.717) is 12.6 Å². The Bertz CT molecular complexity index is 416. The second kappa shape index (κ2) is 7.39. The highest BCUT2D eigenvalue weighted by molar-refractivity contribution is 5.14. The minimum absolute atomic E-state index is 0.313. The fourth-order valence-electron chi connectivity index (χ4n) is 4.04. The predicted molar refractivity (Wildman–Crippen MR) is 86.2 cm³/mol. The van der Waals surface area contributed by atoms with Crippen molar-refractivity contribution in [2.75, 3.05) is 26.2 Å². The summed E-state index contributed by atoms with van der Waals surface area (Å²) in [5.74, 6) is 0. The fraction of sp³-hybridized carbons (Fsp3) is 0.667. The van der Waals surface area contributed by atoms with Gasteiger partial charge in [0.25, 0.3) is 0 Å². The van der Waals surface area contributed by atoms with Crippen molar-refractivity contribution >= 4 is 0 Å². The average Bonchev–Trinajstić information content (AvgIpc) is 3.03. The van der Waals surface area contributed by atoms with Crippen LogP contribution in [-0.2, 0) is 6.54 Å². The molecule has 0 radical (unpaired) electrons. The van der Waals surface area contributed by atoms with Gasteiger partial charge in [-0.15, -0.1) is 0 Å². The summed E-state index contributed by atoms with van der Waals surface area (Å²) in [5.41, 5.74) is 1.40. The van der Waals surface area contributed by atoms with Crippen LogP contribution in [0.4, 0.5) is 0 Å². The molecule has 1 aromatic carbocycles. The number of aliphatic hydroxyl groups is 1. The predicted octanol–water partition coefficient (Wildman–Crippen LogP) is 2.50. The average molecular weight is 288 g/mol. The van der Waals surface area contributed by atoms with E-state index in [-0.39, 0.29) is 0 Å². The van der Waals surface area contributed by atoms with E-state index in [1.165, 1.54) is 37.8 Å². The Morgan fingerprint density at radius 1 is 1.05 bits per heavy atom. The molecule has 1 saturated heterocycles. The van der Waals surface area contributed by atoms with Gasteiger partial charge in [-0.3, -0.25) is 9.80 Å². The summed E-state index contributed by atoms with van der Waals surface area (Å²) in [6.07, 6.45) is 6.42. The van der Waals surface area contributed by atoms with Crippen LogP contribution in [0.1, 0.15) is 37.7 Å². The van der Waals surface area contributed by atoms with Crippen molar-refractivity contribution in [3.8, 4) is 0 Å². The largest absolute Gasteiger partial charge is 0.396 e. The summed E-state index contributed by atoms with van der Waals surface area (Å²) >= 11 is 0. The summed E-state index contributed by atoms with van der Waals surface area (Å²) in [6.45, 7) is 4.79. The first kappa shape index (κ1) is 15.0. The van der Waals surface area contributed by atoms with Crippen LogP contribution in [0.5, 0.6) is 0 Å². The second-order valence-corrected chi connectivity index (χ2v) is 6.56. The fourth-order valence-corrected chi connectivity index (χ4v) is 4.04. The van der Waals surface area contributed by atoms with E-state index >= 15 is 0 Å². The van der Waals surface area contributed by atoms with Gasteiger partial charge in [-0.1, -0.05) is 43.2 Å². The molecule has 3 rings (SSSR count). The molecule has 1 aliphatic heterocycles. The lowest BCUT2D eigenvalue weighted by Gasteiger charge is -2.44. The molecule has 0 bridgehead atoms. The zero-order chi connectivity index (χ0) is 14.5. The second-order valence-electron chi connectivity index (χ2n) is 6.56. The van der Waals surface area contributed by atoms with Crippen LogP contribution in [0.25, 0.3) is 0 Å². The van der Waals surface area contributed by atoms with E-state index in [0.717, 1.165) is 32.1 Å². The number of benzene rings is 1. The number of rotatable bonds is 5. The molecule has 2 fully saturated rings. The quantitative estimate of drug-likeness (QED) is 0.902. The molecule has 1 atom stereocenters. The molecule has 1 heterocycles. The minimum atomic E-state index is 0.313. The van der Waals surface area contributed by atoms with Gasteiger partial charge >= 0.3 is 0 Å². The third kappa shape index (κ3) is 3.85. The Hall–Kier alpha value is -0.900. The van der Waals surface area contributed by atoms with Gasteiger partial charge in [-0.2, -0.15) is 0 Å². The molecule has 0 amide bonds. The molecular formula is C18H28N2O. The maximum absolute atomic E-state index is 9.41. The molecule has 1 aliphatic carbocycles. The Morgan fingerprint density at radius 3 is 2.52 bits per heavy atom. The lowest BCUT2D eigenvalue weighted by molar-refractivity contribution is 0.0267. The zero-order valence-electron chi connectivity index (χ0n) is 13.0. The van der Waals surface area contributed by atoms with Gasteiger partial charge in [0.1, 0.15) is 0 Å². The monoisotopic (exact) mass is 288 g/mol. The minimum Gasteiger partial charge on any atom is -0.396 e. The molecule has 1 aromatic rings. The smallest absolute Gasteiger partial charge is 0.0446 e. The van der Waals surface area contributed by atoms with E-state index in [4.69, 9.17) is 0 Å². The Balaban J connectivity index is 1.60. The topological polar surface area (TPSA) is 26.7 Å². The van der Waals surface area contributed by atoms with Gasteiger partial charge in [0.2, 0.25) is 0 Å². The molecular weight excluding hydrogens is 260 g/mol. The van der Waals surface area contributed by atoms with Gasteiger partial charge in [-0.05, 0) is 24.8 Å². The number of hydrogen-bond acceptors (Lipinski definition) is 3. The SMILES string of the molecule is OCCC1CN(Cc2ccccc2)CCN1C1CCCC1. The number of aliphatic hydroxyl groups excluding tert-OH is 1. The lowest BCUT2D eigenvalue weighted by Crippen LogP contribution is -2.55. The van der Waals surface area contributed by atoms with Crippen LogP contribution in [0.3, 0.4) is 0 Å². The molecule has 0 aromatic heterocycles.